The highest BCUT2D eigenvalue weighted by molar-refractivity contribution is 5.78. The second-order valence-corrected chi connectivity index (χ2v) is 7.07. The maximum absolute atomic E-state index is 12.5. The van der Waals surface area contributed by atoms with Gasteiger partial charge in [0.2, 0.25) is 0 Å². The van der Waals surface area contributed by atoms with E-state index in [9.17, 15) is 4.79 Å². The lowest BCUT2D eigenvalue weighted by Crippen LogP contribution is -2.40. The number of hydrogen-bond acceptors (Lipinski definition) is 6. The number of rotatable bonds is 6. The Balaban J connectivity index is 1.68. The Bertz CT molecular complexity index is 736. The Labute approximate surface area is 147 Å². The Morgan fingerprint density at radius 2 is 2.28 bits per heavy atom. The molecule has 1 fully saturated rings. The first-order chi connectivity index (χ1) is 11.9. The van der Waals surface area contributed by atoms with Crippen LogP contribution in [0.15, 0.2) is 23.0 Å². The molecule has 3 rings (SSSR count). The van der Waals surface area contributed by atoms with Crippen LogP contribution in [0.5, 0.6) is 0 Å². The van der Waals surface area contributed by atoms with E-state index >= 15 is 0 Å². The molecule has 7 nitrogen and oxygen atoms in total. The van der Waals surface area contributed by atoms with E-state index in [1.807, 2.05) is 26.2 Å². The number of carbonyl (C=O) groups excluding carboxylic acids is 1. The third-order valence-electron chi connectivity index (χ3n) is 5.11. The monoisotopic (exact) mass is 346 g/mol. The Kier molecular flexibility index (Phi) is 4.94. The number of aromatic nitrogens is 3. The fourth-order valence-electron chi connectivity index (χ4n) is 3.50. The van der Waals surface area contributed by atoms with Crippen molar-refractivity contribution >= 4 is 5.97 Å². The van der Waals surface area contributed by atoms with Crippen LogP contribution in [-0.2, 0) is 23.1 Å². The van der Waals surface area contributed by atoms with Crippen molar-refractivity contribution in [1.82, 2.24) is 19.8 Å². The van der Waals surface area contributed by atoms with Crippen LogP contribution >= 0.6 is 0 Å². The van der Waals surface area contributed by atoms with E-state index in [2.05, 4.69) is 29.0 Å². The Hall–Kier alpha value is -2.15. The largest absolute Gasteiger partial charge is 0.466 e. The number of hydrogen-bond donors (Lipinski definition) is 0. The summed E-state index contributed by atoms with van der Waals surface area (Å²) in [5, 5.41) is 8.29. The quantitative estimate of drug-likeness (QED) is 0.748. The van der Waals surface area contributed by atoms with E-state index in [-0.39, 0.29) is 11.9 Å². The molecule has 0 saturated carbocycles. The Morgan fingerprint density at radius 3 is 2.92 bits per heavy atom. The van der Waals surface area contributed by atoms with Gasteiger partial charge in [-0.2, -0.15) is 5.10 Å². The first kappa shape index (κ1) is 17.7. The van der Waals surface area contributed by atoms with Crippen molar-refractivity contribution in [2.45, 2.75) is 33.7 Å². The SMILES string of the molecule is CCOC(=O)[C@]1(C(C)C)CCN(Cc2cc(-c3cnn(C)c3)no2)C1. The fourth-order valence-corrected chi connectivity index (χ4v) is 3.50. The van der Waals surface area contributed by atoms with Crippen LogP contribution in [0.4, 0.5) is 0 Å². The van der Waals surface area contributed by atoms with E-state index in [0.717, 1.165) is 30.0 Å². The zero-order valence-electron chi connectivity index (χ0n) is 15.4. The second-order valence-electron chi connectivity index (χ2n) is 7.07. The van der Waals surface area contributed by atoms with Crippen molar-refractivity contribution < 1.29 is 14.1 Å². The predicted octanol–water partition coefficient (Wildman–Crippen LogP) is 2.49. The third-order valence-corrected chi connectivity index (χ3v) is 5.11. The Morgan fingerprint density at radius 1 is 1.48 bits per heavy atom. The van der Waals surface area contributed by atoms with Crippen molar-refractivity contribution in [3.05, 3.63) is 24.2 Å². The molecule has 0 spiro atoms. The predicted molar refractivity (Wildman–Crippen MR) is 92.5 cm³/mol. The highest BCUT2D eigenvalue weighted by Crippen LogP contribution is 2.39. The zero-order valence-corrected chi connectivity index (χ0v) is 15.4. The van der Waals surface area contributed by atoms with Gasteiger partial charge in [0.1, 0.15) is 5.69 Å². The van der Waals surface area contributed by atoms with E-state index in [1.54, 1.807) is 10.9 Å². The lowest BCUT2D eigenvalue weighted by atomic mass is 9.76. The summed E-state index contributed by atoms with van der Waals surface area (Å²) in [5.74, 6) is 0.945. The zero-order chi connectivity index (χ0) is 18.0. The van der Waals surface area contributed by atoms with Gasteiger partial charge in [0, 0.05) is 31.4 Å². The lowest BCUT2D eigenvalue weighted by Gasteiger charge is -2.30. The molecule has 25 heavy (non-hydrogen) atoms. The van der Waals surface area contributed by atoms with E-state index in [4.69, 9.17) is 9.26 Å². The summed E-state index contributed by atoms with van der Waals surface area (Å²) in [6, 6.07) is 1.94. The number of esters is 1. The van der Waals surface area contributed by atoms with Crippen LogP contribution in [0.25, 0.3) is 11.3 Å². The minimum Gasteiger partial charge on any atom is -0.466 e. The van der Waals surface area contributed by atoms with Crippen molar-refractivity contribution in [3.63, 3.8) is 0 Å². The number of ether oxygens (including phenoxy) is 1. The summed E-state index contributed by atoms with van der Waals surface area (Å²) in [7, 11) is 1.87. The van der Waals surface area contributed by atoms with Crippen molar-refractivity contribution in [1.29, 1.82) is 0 Å². The molecule has 0 N–H and O–H groups in total. The summed E-state index contributed by atoms with van der Waals surface area (Å²) in [5.41, 5.74) is 1.28. The summed E-state index contributed by atoms with van der Waals surface area (Å²) >= 11 is 0. The topological polar surface area (TPSA) is 73.4 Å². The maximum atomic E-state index is 12.5. The summed E-state index contributed by atoms with van der Waals surface area (Å²) in [6.45, 7) is 8.63. The first-order valence-corrected chi connectivity index (χ1v) is 8.79. The average molecular weight is 346 g/mol. The molecule has 136 valence electrons. The molecule has 0 aromatic carbocycles. The minimum atomic E-state index is -0.428. The molecule has 0 amide bonds. The molecule has 1 aliphatic heterocycles. The van der Waals surface area contributed by atoms with Gasteiger partial charge in [0.05, 0.1) is 24.8 Å². The van der Waals surface area contributed by atoms with Gasteiger partial charge in [-0.05, 0) is 25.8 Å². The van der Waals surface area contributed by atoms with Gasteiger partial charge in [-0.25, -0.2) is 0 Å². The molecule has 0 aliphatic carbocycles. The van der Waals surface area contributed by atoms with Gasteiger partial charge in [-0.15, -0.1) is 0 Å². The van der Waals surface area contributed by atoms with E-state index < -0.39 is 5.41 Å². The number of carbonyl (C=O) groups is 1. The number of nitrogens with zero attached hydrogens (tertiary/aromatic N) is 4. The molecule has 3 heterocycles. The van der Waals surface area contributed by atoms with E-state index in [0.29, 0.717) is 19.7 Å². The lowest BCUT2D eigenvalue weighted by molar-refractivity contribution is -0.157. The number of likely N-dealkylation sites (tertiary alicyclic amines) is 1. The van der Waals surface area contributed by atoms with Crippen LogP contribution in [0.3, 0.4) is 0 Å². The molecule has 2 aromatic rings. The van der Waals surface area contributed by atoms with Crippen molar-refractivity contribution in [2.24, 2.45) is 18.4 Å². The van der Waals surface area contributed by atoms with Gasteiger partial charge in [-0.3, -0.25) is 14.4 Å². The molecule has 1 aliphatic rings. The highest BCUT2D eigenvalue weighted by atomic mass is 16.5. The van der Waals surface area contributed by atoms with Gasteiger partial charge in [0.25, 0.3) is 0 Å². The van der Waals surface area contributed by atoms with Crippen LogP contribution in [0.2, 0.25) is 0 Å². The number of aryl methyl sites for hydroxylation is 1. The molecule has 0 radical (unpaired) electrons. The molecule has 0 unspecified atom stereocenters. The third kappa shape index (κ3) is 3.46. The van der Waals surface area contributed by atoms with Crippen molar-refractivity contribution in [2.75, 3.05) is 19.7 Å². The normalized spacial score (nSPS) is 21.2. The summed E-state index contributed by atoms with van der Waals surface area (Å²) in [4.78, 5) is 14.7. The first-order valence-electron chi connectivity index (χ1n) is 8.79. The van der Waals surface area contributed by atoms with Gasteiger partial charge in [-0.1, -0.05) is 19.0 Å². The molecule has 1 atom stereocenters. The molecule has 2 aromatic heterocycles. The minimum absolute atomic E-state index is 0.0823. The van der Waals surface area contributed by atoms with Crippen LogP contribution in [0.1, 0.15) is 33.0 Å². The highest BCUT2D eigenvalue weighted by Gasteiger charge is 2.48. The van der Waals surface area contributed by atoms with Crippen molar-refractivity contribution in [3.8, 4) is 11.3 Å². The van der Waals surface area contributed by atoms with Crippen LogP contribution in [-0.4, -0.2) is 45.5 Å². The molecular weight excluding hydrogens is 320 g/mol. The molecule has 0 bridgehead atoms. The molecule has 1 saturated heterocycles. The second kappa shape index (κ2) is 7.00. The van der Waals surface area contributed by atoms with Gasteiger partial charge in [0.15, 0.2) is 5.76 Å². The summed E-state index contributed by atoms with van der Waals surface area (Å²) in [6.07, 6.45) is 4.48. The molecule has 7 heteroatoms. The smallest absolute Gasteiger partial charge is 0.313 e. The average Bonchev–Trinajstić information content (AvgIpc) is 3.28. The standard InChI is InChI=1S/C18H26N4O3/c1-5-24-17(23)18(13(2)3)6-7-22(12-18)11-15-8-16(20-25-15)14-9-19-21(4)10-14/h8-10,13H,5-7,11-12H2,1-4H3/t18-/m1/s1. The fraction of sp³-hybridized carbons (Fsp3) is 0.611. The van der Waals surface area contributed by atoms with Crippen LogP contribution in [0, 0.1) is 11.3 Å². The van der Waals surface area contributed by atoms with Gasteiger partial charge >= 0.3 is 5.97 Å². The summed E-state index contributed by atoms with van der Waals surface area (Å²) < 4.78 is 12.6. The van der Waals surface area contributed by atoms with Crippen LogP contribution < -0.4 is 0 Å². The molecular formula is C18H26N4O3. The maximum Gasteiger partial charge on any atom is 0.313 e. The van der Waals surface area contributed by atoms with E-state index in [1.165, 1.54) is 0 Å². The van der Waals surface area contributed by atoms with Gasteiger partial charge < -0.3 is 9.26 Å².